The summed E-state index contributed by atoms with van der Waals surface area (Å²) in [7, 11) is 0. The third-order valence-corrected chi connectivity index (χ3v) is 4.66. The molecule has 2 amide bonds. The van der Waals surface area contributed by atoms with Gasteiger partial charge < -0.3 is 48.3 Å². The Hall–Kier alpha value is -3.75. The van der Waals surface area contributed by atoms with E-state index in [0.717, 1.165) is 5.56 Å². The van der Waals surface area contributed by atoms with Gasteiger partial charge in [-0.3, -0.25) is 14.4 Å². The monoisotopic (exact) mass is 573 g/mol. The van der Waals surface area contributed by atoms with Gasteiger partial charge >= 0.3 is 29.9 Å². The molecule has 0 radical (unpaired) electrons. The zero-order valence-electron chi connectivity index (χ0n) is 24.0. The number of nitrogens with two attached hydrogens (primary N) is 3. The van der Waals surface area contributed by atoms with Crippen molar-refractivity contribution >= 4 is 29.9 Å². The van der Waals surface area contributed by atoms with Crippen LogP contribution in [-0.2, 0) is 25.6 Å². The third-order valence-electron chi connectivity index (χ3n) is 4.66. The highest BCUT2D eigenvalue weighted by Crippen LogP contribution is 2.03. The fraction of sp³-hybridized carbons (Fsp3) is 0.577. The minimum absolute atomic E-state index is 0.0208. The van der Waals surface area contributed by atoms with Crippen LogP contribution in [0.2, 0.25) is 0 Å². The van der Waals surface area contributed by atoms with Crippen molar-refractivity contribution in [2.24, 2.45) is 29.0 Å². The van der Waals surface area contributed by atoms with Crippen LogP contribution < -0.4 is 27.8 Å². The number of rotatable bonds is 11. The summed E-state index contributed by atoms with van der Waals surface area (Å²) in [6.07, 6.45) is 0.822. The first-order valence-corrected chi connectivity index (χ1v) is 12.6. The van der Waals surface area contributed by atoms with Crippen molar-refractivity contribution in [3.8, 4) is 0 Å². The average Bonchev–Trinajstić information content (AvgIpc) is 2.84. The standard InChI is InChI=1S/C12H16N2O3.C6H13NO2.C5H11NO2.C3H7NO2/c1-2-13-12(17)14-10(11(15)16)8-9-6-4-3-5-7-9;1-4(2)3-5(7)6(8)9;1-3(2)4(6)5(7)8;1-2(4)3(5)6/h3-7,10H,2,8H2,1H3,(H,15,16)(H2,13,14,17);4-5H,3,7H2,1-2H3,(H,8,9);3-4H,6H2,1-2H3,(H,7,8);2H,4H2,1H3,(H,5,6)/t10-;5-;4-;2-/m0000/s1. The minimum Gasteiger partial charge on any atom is -0.480 e. The molecule has 0 aliphatic carbocycles. The van der Waals surface area contributed by atoms with Crippen LogP contribution >= 0.6 is 0 Å². The molecule has 1 aromatic carbocycles. The Balaban J connectivity index is -0.000000504. The lowest BCUT2D eigenvalue weighted by Gasteiger charge is -2.14. The lowest BCUT2D eigenvalue weighted by Crippen LogP contribution is -2.47. The maximum absolute atomic E-state index is 11.3. The van der Waals surface area contributed by atoms with Crippen molar-refractivity contribution in [3.63, 3.8) is 0 Å². The van der Waals surface area contributed by atoms with Gasteiger partial charge in [-0.2, -0.15) is 0 Å². The van der Waals surface area contributed by atoms with Crippen LogP contribution in [0.5, 0.6) is 0 Å². The van der Waals surface area contributed by atoms with Gasteiger partial charge in [0.2, 0.25) is 0 Å². The van der Waals surface area contributed by atoms with E-state index >= 15 is 0 Å². The average molecular weight is 574 g/mol. The number of hydrogen-bond acceptors (Lipinski definition) is 8. The number of carboxylic acid groups (broad SMARTS) is 4. The van der Waals surface area contributed by atoms with Gasteiger partial charge in [-0.25, -0.2) is 9.59 Å². The molecule has 0 bridgehead atoms. The molecule has 1 aromatic rings. The largest absolute Gasteiger partial charge is 0.480 e. The van der Waals surface area contributed by atoms with Crippen LogP contribution in [0.3, 0.4) is 0 Å². The van der Waals surface area contributed by atoms with Gasteiger partial charge in [0, 0.05) is 13.0 Å². The maximum atomic E-state index is 11.3. The Labute approximate surface area is 235 Å². The van der Waals surface area contributed by atoms with Gasteiger partial charge in [0.25, 0.3) is 0 Å². The van der Waals surface area contributed by atoms with E-state index in [1.165, 1.54) is 6.92 Å². The molecule has 0 spiro atoms. The van der Waals surface area contributed by atoms with Crippen LogP contribution in [0, 0.1) is 11.8 Å². The third kappa shape index (κ3) is 24.6. The first kappa shape index (κ1) is 40.7. The molecule has 14 heteroatoms. The minimum atomic E-state index is -1.04. The zero-order valence-corrected chi connectivity index (χ0v) is 24.0. The lowest BCUT2D eigenvalue weighted by atomic mass is 10.1. The maximum Gasteiger partial charge on any atom is 0.326 e. The fourth-order valence-electron chi connectivity index (χ4n) is 2.31. The van der Waals surface area contributed by atoms with Crippen molar-refractivity contribution in [2.75, 3.05) is 6.54 Å². The smallest absolute Gasteiger partial charge is 0.326 e. The lowest BCUT2D eigenvalue weighted by molar-refractivity contribution is -0.140. The van der Waals surface area contributed by atoms with Gasteiger partial charge in [0.1, 0.15) is 24.2 Å². The number of urea groups is 1. The SMILES string of the molecule is CC(C)C[C@H](N)C(=O)O.CC(C)[C@H](N)C(=O)O.CCNC(=O)N[C@@H](Cc1ccccc1)C(=O)O.C[C@H](N)C(=O)O. The number of hydrogen-bond donors (Lipinski definition) is 9. The van der Waals surface area contributed by atoms with E-state index in [2.05, 4.69) is 10.6 Å². The van der Waals surface area contributed by atoms with Gasteiger partial charge in [-0.05, 0) is 37.7 Å². The predicted molar refractivity (Wildman–Crippen MR) is 151 cm³/mol. The summed E-state index contributed by atoms with van der Waals surface area (Å²) in [5.41, 5.74) is 16.1. The molecule has 0 saturated carbocycles. The topological polar surface area (TPSA) is 268 Å². The van der Waals surface area contributed by atoms with E-state index < -0.39 is 54.1 Å². The van der Waals surface area contributed by atoms with Crippen LogP contribution in [-0.4, -0.2) is 81.0 Å². The van der Waals surface area contributed by atoms with Crippen molar-refractivity contribution in [3.05, 3.63) is 35.9 Å². The van der Waals surface area contributed by atoms with E-state index in [-0.39, 0.29) is 12.3 Å². The van der Waals surface area contributed by atoms with E-state index in [9.17, 15) is 24.0 Å². The summed E-state index contributed by atoms with van der Waals surface area (Å²) in [4.78, 5) is 52.0. The number of carboxylic acids is 4. The quantitative estimate of drug-likeness (QED) is 0.179. The van der Waals surface area contributed by atoms with E-state index in [4.69, 9.17) is 37.6 Å². The highest BCUT2D eigenvalue weighted by atomic mass is 16.4. The molecule has 0 aliphatic heterocycles. The van der Waals surface area contributed by atoms with Gasteiger partial charge in [0.15, 0.2) is 0 Å². The second-order valence-corrected chi connectivity index (χ2v) is 9.39. The molecule has 0 aliphatic rings. The molecule has 0 unspecified atom stereocenters. The van der Waals surface area contributed by atoms with Crippen LogP contribution in [0.25, 0.3) is 0 Å². The predicted octanol–water partition coefficient (Wildman–Crippen LogP) is 0.918. The molecule has 4 atom stereocenters. The van der Waals surface area contributed by atoms with Gasteiger partial charge in [-0.1, -0.05) is 58.0 Å². The number of carbonyl (C=O) groups is 5. The van der Waals surface area contributed by atoms with Crippen LogP contribution in [0.1, 0.15) is 53.5 Å². The molecular formula is C26H47N5O9. The molecule has 14 nitrogen and oxygen atoms in total. The molecular weight excluding hydrogens is 526 g/mol. The number of aliphatic carboxylic acids is 4. The number of amides is 2. The van der Waals surface area contributed by atoms with Crippen molar-refractivity contribution in [2.45, 2.75) is 78.6 Å². The molecule has 0 saturated heterocycles. The van der Waals surface area contributed by atoms with Crippen molar-refractivity contribution in [1.82, 2.24) is 10.6 Å². The Bertz CT molecular complexity index is 881. The summed E-state index contributed by atoms with van der Waals surface area (Å²) < 4.78 is 0. The second-order valence-electron chi connectivity index (χ2n) is 9.39. The highest BCUT2D eigenvalue weighted by molar-refractivity contribution is 5.82. The fourth-order valence-corrected chi connectivity index (χ4v) is 2.31. The van der Waals surface area contributed by atoms with Gasteiger partial charge in [0.05, 0.1) is 0 Å². The van der Waals surface area contributed by atoms with Gasteiger partial charge in [-0.15, -0.1) is 0 Å². The highest BCUT2D eigenvalue weighted by Gasteiger charge is 2.19. The Morgan fingerprint density at radius 3 is 1.50 bits per heavy atom. The zero-order chi connectivity index (χ0) is 32.0. The molecule has 40 heavy (non-hydrogen) atoms. The summed E-state index contributed by atoms with van der Waals surface area (Å²) in [6, 6.07) is 5.67. The normalized spacial score (nSPS) is 12.9. The van der Waals surface area contributed by atoms with E-state index in [1.807, 2.05) is 44.2 Å². The summed E-state index contributed by atoms with van der Waals surface area (Å²) >= 11 is 0. The van der Waals surface area contributed by atoms with Crippen molar-refractivity contribution in [1.29, 1.82) is 0 Å². The molecule has 0 fully saturated rings. The first-order valence-electron chi connectivity index (χ1n) is 12.6. The molecule has 230 valence electrons. The number of carbonyl (C=O) groups excluding carboxylic acids is 1. The summed E-state index contributed by atoms with van der Waals surface area (Å²) in [5.74, 6) is -3.47. The molecule has 0 aromatic heterocycles. The Morgan fingerprint density at radius 1 is 0.775 bits per heavy atom. The molecule has 12 N–H and O–H groups in total. The van der Waals surface area contributed by atoms with E-state index in [1.54, 1.807) is 20.8 Å². The van der Waals surface area contributed by atoms with Crippen molar-refractivity contribution < 1.29 is 44.4 Å². The summed E-state index contributed by atoms with van der Waals surface area (Å²) in [5, 5.41) is 38.3. The van der Waals surface area contributed by atoms with Crippen LogP contribution in [0.15, 0.2) is 30.3 Å². The second kappa shape index (κ2) is 23.2. The first-order chi connectivity index (χ1) is 18.4. The Kier molecular flexibility index (Phi) is 23.6. The Morgan fingerprint density at radius 2 is 1.25 bits per heavy atom. The van der Waals surface area contributed by atoms with E-state index in [0.29, 0.717) is 18.9 Å². The summed E-state index contributed by atoms with van der Waals surface area (Å²) in [6.45, 7) is 11.1. The number of nitrogens with one attached hydrogen (secondary N) is 2. The van der Waals surface area contributed by atoms with Crippen LogP contribution in [0.4, 0.5) is 4.79 Å². The number of benzene rings is 1. The molecule has 1 rings (SSSR count). The molecule has 0 heterocycles.